The number of anilines is 1. The number of aryl methyl sites for hydroxylation is 1. The summed E-state index contributed by atoms with van der Waals surface area (Å²) in [5, 5.41) is 18.5. The molecule has 0 bridgehead atoms. The summed E-state index contributed by atoms with van der Waals surface area (Å²) >= 11 is 5.88. The number of nitro benzene ring substituents is 1. The van der Waals surface area contributed by atoms with Gasteiger partial charge in [-0.1, -0.05) is 30.7 Å². The summed E-state index contributed by atoms with van der Waals surface area (Å²) in [7, 11) is 0. The van der Waals surface area contributed by atoms with Crippen molar-refractivity contribution in [1.82, 2.24) is 9.78 Å². The van der Waals surface area contributed by atoms with Crippen LogP contribution < -0.4 is 10.1 Å². The van der Waals surface area contributed by atoms with Crippen LogP contribution in [0.25, 0.3) is 0 Å². The van der Waals surface area contributed by atoms with Gasteiger partial charge in [-0.15, -0.1) is 0 Å². The van der Waals surface area contributed by atoms with Crippen molar-refractivity contribution in [1.29, 1.82) is 0 Å². The lowest BCUT2D eigenvalue weighted by atomic mass is 10.2. The van der Waals surface area contributed by atoms with Crippen molar-refractivity contribution in [3.8, 4) is 11.5 Å². The smallest absolute Gasteiger partial charge is 0.275 e. The lowest BCUT2D eigenvalue weighted by Gasteiger charge is -2.16. The van der Waals surface area contributed by atoms with Gasteiger partial charge in [0.2, 0.25) is 5.91 Å². The Hall–Kier alpha value is -3.39. The highest BCUT2D eigenvalue weighted by Gasteiger charge is 2.21. The number of non-ortho nitro benzene ring substituents is 1. The number of benzene rings is 2. The van der Waals surface area contributed by atoms with E-state index < -0.39 is 11.0 Å². The molecule has 0 saturated heterocycles. The SMILES string of the molecule is CCC(C(=O)Nc1cc(Oc2cccc(C)c2)cc([N+](=O)[O-])c1)n1cc(Cl)cn1. The third-order valence-corrected chi connectivity index (χ3v) is 4.37. The molecular weight excluding hydrogens is 396 g/mol. The third-order valence-electron chi connectivity index (χ3n) is 4.17. The average Bonchev–Trinajstić information content (AvgIpc) is 3.08. The minimum absolute atomic E-state index is 0.194. The number of carbonyl (C=O) groups is 1. The first kappa shape index (κ1) is 20.3. The Balaban J connectivity index is 1.86. The molecule has 29 heavy (non-hydrogen) atoms. The molecule has 1 aromatic heterocycles. The van der Waals surface area contributed by atoms with Crippen molar-refractivity contribution in [3.63, 3.8) is 0 Å². The lowest BCUT2D eigenvalue weighted by molar-refractivity contribution is -0.384. The summed E-state index contributed by atoms with van der Waals surface area (Å²) in [5.41, 5.74) is 1.05. The van der Waals surface area contributed by atoms with E-state index in [4.69, 9.17) is 16.3 Å². The maximum Gasteiger partial charge on any atom is 0.275 e. The summed E-state index contributed by atoms with van der Waals surface area (Å²) in [6.45, 7) is 3.75. The van der Waals surface area contributed by atoms with Gasteiger partial charge in [0.05, 0.1) is 27.9 Å². The fourth-order valence-corrected chi connectivity index (χ4v) is 2.98. The van der Waals surface area contributed by atoms with Crippen LogP contribution in [0.2, 0.25) is 5.02 Å². The number of carbonyl (C=O) groups excluding carboxylic acids is 1. The molecule has 8 nitrogen and oxygen atoms in total. The van der Waals surface area contributed by atoms with Crippen molar-refractivity contribution < 1.29 is 14.5 Å². The molecule has 1 heterocycles. The lowest BCUT2D eigenvalue weighted by Crippen LogP contribution is -2.26. The molecule has 0 aliphatic rings. The van der Waals surface area contributed by atoms with Gasteiger partial charge in [-0.2, -0.15) is 5.10 Å². The number of nitro groups is 1. The van der Waals surface area contributed by atoms with Crippen LogP contribution in [0.3, 0.4) is 0 Å². The minimum atomic E-state index is -0.608. The zero-order valence-electron chi connectivity index (χ0n) is 15.8. The summed E-state index contributed by atoms with van der Waals surface area (Å²) < 4.78 is 7.21. The summed E-state index contributed by atoms with van der Waals surface area (Å²) in [6.07, 6.45) is 3.46. The van der Waals surface area contributed by atoms with Gasteiger partial charge >= 0.3 is 0 Å². The minimum Gasteiger partial charge on any atom is -0.457 e. The van der Waals surface area contributed by atoms with E-state index in [-0.39, 0.29) is 23.0 Å². The molecule has 0 aliphatic carbocycles. The van der Waals surface area contributed by atoms with E-state index in [9.17, 15) is 14.9 Å². The van der Waals surface area contributed by atoms with Crippen molar-refractivity contribution in [3.05, 3.63) is 75.6 Å². The average molecular weight is 415 g/mol. The summed E-state index contributed by atoms with van der Waals surface area (Å²) in [6, 6.07) is 10.8. The first-order chi connectivity index (χ1) is 13.9. The van der Waals surface area contributed by atoms with Crippen molar-refractivity contribution in [2.75, 3.05) is 5.32 Å². The van der Waals surface area contributed by atoms with Crippen LogP contribution in [0.15, 0.2) is 54.9 Å². The number of nitrogens with zero attached hydrogens (tertiary/aromatic N) is 3. The standard InChI is InChI=1S/C20H19ClN4O4/c1-3-19(24-12-14(21)11-22-24)20(26)23-15-8-16(25(27)28)10-18(9-15)29-17-6-4-5-13(2)7-17/h4-12,19H,3H2,1-2H3,(H,23,26). The number of hydrogen-bond donors (Lipinski definition) is 1. The largest absolute Gasteiger partial charge is 0.457 e. The van der Waals surface area contributed by atoms with Crippen LogP contribution in [-0.2, 0) is 4.79 Å². The topological polar surface area (TPSA) is 99.3 Å². The van der Waals surface area contributed by atoms with Crippen LogP contribution in [0.5, 0.6) is 11.5 Å². The predicted octanol–water partition coefficient (Wildman–Crippen LogP) is 5.14. The first-order valence-electron chi connectivity index (χ1n) is 8.90. The van der Waals surface area contributed by atoms with Gasteiger partial charge in [0.25, 0.3) is 5.69 Å². The van der Waals surface area contributed by atoms with E-state index in [0.717, 1.165) is 5.56 Å². The van der Waals surface area contributed by atoms with Gasteiger partial charge in [0.15, 0.2) is 0 Å². The molecule has 1 N–H and O–H groups in total. The Morgan fingerprint density at radius 3 is 2.72 bits per heavy atom. The maximum absolute atomic E-state index is 12.7. The van der Waals surface area contributed by atoms with Gasteiger partial charge in [0.1, 0.15) is 17.5 Å². The molecule has 3 aromatic rings. The number of aromatic nitrogens is 2. The Bertz CT molecular complexity index is 1050. The highest BCUT2D eigenvalue weighted by atomic mass is 35.5. The highest BCUT2D eigenvalue weighted by Crippen LogP contribution is 2.30. The van der Waals surface area contributed by atoms with Gasteiger partial charge in [0, 0.05) is 18.3 Å². The molecule has 9 heteroatoms. The summed E-state index contributed by atoms with van der Waals surface area (Å²) in [5.74, 6) is 0.421. The molecule has 0 spiro atoms. The Kier molecular flexibility index (Phi) is 6.13. The van der Waals surface area contributed by atoms with Gasteiger partial charge in [-0.3, -0.25) is 19.6 Å². The van der Waals surface area contributed by atoms with Crippen LogP contribution >= 0.6 is 11.6 Å². The number of nitrogens with one attached hydrogen (secondary N) is 1. The fourth-order valence-electron chi connectivity index (χ4n) is 2.84. The third kappa shape index (κ3) is 5.11. The highest BCUT2D eigenvalue weighted by molar-refractivity contribution is 6.30. The predicted molar refractivity (Wildman–Crippen MR) is 110 cm³/mol. The maximum atomic E-state index is 12.7. The second kappa shape index (κ2) is 8.74. The fraction of sp³-hybridized carbons (Fsp3) is 0.200. The van der Waals surface area contributed by atoms with E-state index in [1.165, 1.54) is 29.1 Å². The zero-order valence-corrected chi connectivity index (χ0v) is 16.6. The molecule has 3 rings (SSSR count). The van der Waals surface area contributed by atoms with E-state index in [1.54, 1.807) is 12.3 Å². The van der Waals surface area contributed by atoms with E-state index in [0.29, 0.717) is 17.2 Å². The van der Waals surface area contributed by atoms with E-state index >= 15 is 0 Å². The van der Waals surface area contributed by atoms with Crippen LogP contribution in [0.1, 0.15) is 24.9 Å². The molecule has 1 unspecified atom stereocenters. The second-order valence-electron chi connectivity index (χ2n) is 6.44. The monoisotopic (exact) mass is 414 g/mol. The van der Waals surface area contributed by atoms with E-state index in [1.807, 2.05) is 32.0 Å². The van der Waals surface area contributed by atoms with Gasteiger partial charge in [-0.25, -0.2) is 0 Å². The molecule has 150 valence electrons. The number of halogens is 1. The molecule has 0 fully saturated rings. The molecule has 1 amide bonds. The van der Waals surface area contributed by atoms with Crippen LogP contribution in [0.4, 0.5) is 11.4 Å². The van der Waals surface area contributed by atoms with Gasteiger partial charge < -0.3 is 10.1 Å². The molecule has 1 atom stereocenters. The number of amides is 1. The molecular formula is C20H19ClN4O4. The Morgan fingerprint density at radius 1 is 1.31 bits per heavy atom. The number of hydrogen-bond acceptors (Lipinski definition) is 5. The van der Waals surface area contributed by atoms with Crippen molar-refractivity contribution >= 4 is 28.9 Å². The molecule has 0 aliphatic heterocycles. The van der Waals surface area contributed by atoms with E-state index in [2.05, 4.69) is 10.4 Å². The second-order valence-corrected chi connectivity index (χ2v) is 6.88. The number of ether oxygens (including phenoxy) is 1. The first-order valence-corrected chi connectivity index (χ1v) is 9.28. The van der Waals surface area contributed by atoms with Gasteiger partial charge in [-0.05, 0) is 31.0 Å². The quantitative estimate of drug-likeness (QED) is 0.426. The Morgan fingerprint density at radius 2 is 2.10 bits per heavy atom. The Labute approximate surface area is 172 Å². The molecule has 2 aromatic carbocycles. The van der Waals surface area contributed by atoms with Crippen molar-refractivity contribution in [2.45, 2.75) is 26.3 Å². The zero-order chi connectivity index (χ0) is 21.0. The van der Waals surface area contributed by atoms with Crippen molar-refractivity contribution in [2.24, 2.45) is 0 Å². The molecule has 0 saturated carbocycles. The van der Waals surface area contributed by atoms with Crippen LogP contribution in [0, 0.1) is 17.0 Å². The number of rotatable bonds is 7. The normalized spacial score (nSPS) is 11.7. The summed E-state index contributed by atoms with van der Waals surface area (Å²) in [4.78, 5) is 23.5. The van der Waals surface area contributed by atoms with Crippen LogP contribution in [-0.4, -0.2) is 20.6 Å². The molecule has 0 radical (unpaired) electrons.